The van der Waals surface area contributed by atoms with E-state index < -0.39 is 0 Å². The van der Waals surface area contributed by atoms with Crippen LogP contribution in [0.3, 0.4) is 0 Å². The number of nitrogens with zero attached hydrogens (tertiary/aromatic N) is 1. The molecule has 1 aliphatic rings. The Morgan fingerprint density at radius 2 is 2.14 bits per heavy atom. The van der Waals surface area contributed by atoms with Crippen LogP contribution in [0.1, 0.15) is 41.9 Å². The van der Waals surface area contributed by atoms with Crippen molar-refractivity contribution >= 4 is 17.2 Å². The van der Waals surface area contributed by atoms with Gasteiger partial charge in [0.2, 0.25) is 5.91 Å². The lowest BCUT2D eigenvalue weighted by Crippen LogP contribution is -2.42. The van der Waals surface area contributed by atoms with Crippen molar-refractivity contribution in [3.63, 3.8) is 0 Å². The molecule has 116 valence electrons. The van der Waals surface area contributed by atoms with E-state index in [-0.39, 0.29) is 11.9 Å². The van der Waals surface area contributed by atoms with Crippen LogP contribution < -0.4 is 5.32 Å². The zero-order valence-electron chi connectivity index (χ0n) is 13.1. The minimum absolute atomic E-state index is 0.0468. The van der Waals surface area contributed by atoms with Crippen LogP contribution in [0.25, 0.3) is 0 Å². The summed E-state index contributed by atoms with van der Waals surface area (Å²) in [5.74, 6) is 0.0990. The lowest BCUT2D eigenvalue weighted by atomic mass is 10.0. The lowest BCUT2D eigenvalue weighted by Gasteiger charge is -2.33. The lowest BCUT2D eigenvalue weighted by molar-refractivity contribution is -0.123. The number of rotatable bonds is 4. The number of carbonyl (C=O) groups is 1. The molecule has 1 N–H and O–H groups in total. The van der Waals surface area contributed by atoms with Crippen molar-refractivity contribution in [3.05, 3.63) is 57.8 Å². The summed E-state index contributed by atoms with van der Waals surface area (Å²) in [5, 5.41) is 5.26. The molecule has 0 saturated carbocycles. The Labute approximate surface area is 136 Å². The molecule has 0 unspecified atom stereocenters. The average molecular weight is 314 g/mol. The molecule has 1 aromatic heterocycles. The monoisotopic (exact) mass is 314 g/mol. The SMILES string of the molecule is C[C@@H](NC(=O)CN1CCc2sccc2[C@@H]1C)c1ccccc1. The van der Waals surface area contributed by atoms with Crippen molar-refractivity contribution in [2.24, 2.45) is 0 Å². The van der Waals surface area contributed by atoms with Gasteiger partial charge in [0.25, 0.3) is 0 Å². The Balaban J connectivity index is 1.59. The average Bonchev–Trinajstić information content (AvgIpc) is 3.00. The molecule has 0 fully saturated rings. The number of hydrogen-bond donors (Lipinski definition) is 1. The van der Waals surface area contributed by atoms with E-state index in [2.05, 4.69) is 28.6 Å². The van der Waals surface area contributed by atoms with E-state index in [0.29, 0.717) is 12.6 Å². The number of hydrogen-bond acceptors (Lipinski definition) is 3. The molecule has 3 nitrogen and oxygen atoms in total. The predicted molar refractivity (Wildman–Crippen MR) is 91.0 cm³/mol. The van der Waals surface area contributed by atoms with Gasteiger partial charge in [-0.05, 0) is 42.8 Å². The molecule has 0 radical (unpaired) electrons. The maximum atomic E-state index is 12.3. The zero-order chi connectivity index (χ0) is 15.5. The minimum Gasteiger partial charge on any atom is -0.348 e. The smallest absolute Gasteiger partial charge is 0.234 e. The van der Waals surface area contributed by atoms with Crippen molar-refractivity contribution in [2.45, 2.75) is 32.4 Å². The first-order valence-corrected chi connectivity index (χ1v) is 8.67. The first-order valence-electron chi connectivity index (χ1n) is 7.80. The summed E-state index contributed by atoms with van der Waals surface area (Å²) in [6.07, 6.45) is 1.05. The summed E-state index contributed by atoms with van der Waals surface area (Å²) >= 11 is 1.83. The third-order valence-corrected chi connectivity index (χ3v) is 5.42. The molecular weight excluding hydrogens is 292 g/mol. The molecule has 22 heavy (non-hydrogen) atoms. The summed E-state index contributed by atoms with van der Waals surface area (Å²) in [5.41, 5.74) is 2.53. The summed E-state index contributed by atoms with van der Waals surface area (Å²) in [6, 6.07) is 12.7. The minimum atomic E-state index is 0.0468. The molecule has 0 aliphatic carbocycles. The van der Waals surface area contributed by atoms with Gasteiger partial charge in [0, 0.05) is 17.5 Å². The number of nitrogens with one attached hydrogen (secondary N) is 1. The van der Waals surface area contributed by atoms with Gasteiger partial charge in [0.05, 0.1) is 12.6 Å². The Morgan fingerprint density at radius 1 is 1.36 bits per heavy atom. The highest BCUT2D eigenvalue weighted by molar-refractivity contribution is 7.10. The quantitative estimate of drug-likeness (QED) is 0.936. The Kier molecular flexibility index (Phi) is 4.60. The molecule has 0 saturated heterocycles. The van der Waals surface area contributed by atoms with Gasteiger partial charge in [-0.15, -0.1) is 11.3 Å². The second-order valence-corrected chi connectivity index (χ2v) is 6.90. The molecule has 2 atom stereocenters. The Hall–Kier alpha value is -1.65. The van der Waals surface area contributed by atoms with Gasteiger partial charge in [-0.1, -0.05) is 30.3 Å². The second kappa shape index (κ2) is 6.63. The van der Waals surface area contributed by atoms with Crippen molar-refractivity contribution in [2.75, 3.05) is 13.1 Å². The Morgan fingerprint density at radius 3 is 2.91 bits per heavy atom. The van der Waals surface area contributed by atoms with Gasteiger partial charge in [-0.2, -0.15) is 0 Å². The van der Waals surface area contributed by atoms with Crippen LogP contribution in [0.5, 0.6) is 0 Å². The van der Waals surface area contributed by atoms with E-state index in [9.17, 15) is 4.79 Å². The van der Waals surface area contributed by atoms with Gasteiger partial charge in [0.1, 0.15) is 0 Å². The summed E-state index contributed by atoms with van der Waals surface area (Å²) in [6.45, 7) is 5.65. The van der Waals surface area contributed by atoms with Gasteiger partial charge in [-0.3, -0.25) is 9.69 Å². The fourth-order valence-corrected chi connectivity index (χ4v) is 4.04. The first-order chi connectivity index (χ1) is 10.6. The highest BCUT2D eigenvalue weighted by atomic mass is 32.1. The molecule has 1 aromatic carbocycles. The van der Waals surface area contributed by atoms with Gasteiger partial charge < -0.3 is 5.32 Å². The van der Waals surface area contributed by atoms with E-state index in [1.165, 1.54) is 10.4 Å². The molecule has 0 bridgehead atoms. The van der Waals surface area contributed by atoms with E-state index in [4.69, 9.17) is 0 Å². The fraction of sp³-hybridized carbons (Fsp3) is 0.389. The van der Waals surface area contributed by atoms with Gasteiger partial charge in [-0.25, -0.2) is 0 Å². The molecule has 1 aliphatic heterocycles. The molecule has 2 heterocycles. The summed E-state index contributed by atoms with van der Waals surface area (Å²) in [7, 11) is 0. The van der Waals surface area contributed by atoms with Crippen molar-refractivity contribution in [1.82, 2.24) is 10.2 Å². The Bertz CT molecular complexity index is 638. The zero-order valence-corrected chi connectivity index (χ0v) is 13.9. The van der Waals surface area contributed by atoms with Crippen molar-refractivity contribution in [1.29, 1.82) is 0 Å². The van der Waals surface area contributed by atoms with Gasteiger partial charge >= 0.3 is 0 Å². The standard InChI is InChI=1S/C18H22N2OS/c1-13(15-6-4-3-5-7-15)19-18(21)12-20-10-8-17-16(14(20)2)9-11-22-17/h3-7,9,11,13-14H,8,10,12H2,1-2H3,(H,19,21)/t13-,14+/m1/s1. The largest absolute Gasteiger partial charge is 0.348 e. The van der Waals surface area contributed by atoms with Crippen LogP contribution in [0.4, 0.5) is 0 Å². The molecule has 3 rings (SSSR count). The van der Waals surface area contributed by atoms with Gasteiger partial charge in [0.15, 0.2) is 0 Å². The van der Waals surface area contributed by atoms with Crippen molar-refractivity contribution < 1.29 is 4.79 Å². The molecule has 2 aromatic rings. The molecule has 4 heteroatoms. The van der Waals surface area contributed by atoms with E-state index in [1.807, 2.05) is 48.6 Å². The first kappa shape index (κ1) is 15.3. The van der Waals surface area contributed by atoms with Crippen LogP contribution in [-0.2, 0) is 11.2 Å². The number of amides is 1. The molecule has 0 spiro atoms. The van der Waals surface area contributed by atoms with E-state index >= 15 is 0 Å². The number of fused-ring (bicyclic) bond motifs is 1. The van der Waals surface area contributed by atoms with E-state index in [0.717, 1.165) is 18.5 Å². The number of benzene rings is 1. The topological polar surface area (TPSA) is 32.3 Å². The highest BCUT2D eigenvalue weighted by Gasteiger charge is 2.26. The number of thiophene rings is 1. The van der Waals surface area contributed by atoms with Crippen LogP contribution >= 0.6 is 11.3 Å². The van der Waals surface area contributed by atoms with Crippen LogP contribution in [0.15, 0.2) is 41.8 Å². The van der Waals surface area contributed by atoms with Crippen LogP contribution in [0, 0.1) is 0 Å². The van der Waals surface area contributed by atoms with E-state index in [1.54, 1.807) is 0 Å². The highest BCUT2D eigenvalue weighted by Crippen LogP contribution is 2.32. The fourth-order valence-electron chi connectivity index (χ4n) is 3.07. The third-order valence-electron chi connectivity index (χ3n) is 4.43. The molecule has 1 amide bonds. The predicted octanol–water partition coefficient (Wildman–Crippen LogP) is 3.54. The van der Waals surface area contributed by atoms with Crippen LogP contribution in [-0.4, -0.2) is 23.9 Å². The van der Waals surface area contributed by atoms with Crippen molar-refractivity contribution in [3.8, 4) is 0 Å². The summed E-state index contributed by atoms with van der Waals surface area (Å²) < 4.78 is 0. The maximum absolute atomic E-state index is 12.3. The third kappa shape index (κ3) is 3.23. The second-order valence-electron chi connectivity index (χ2n) is 5.90. The number of carbonyl (C=O) groups excluding carboxylic acids is 1. The van der Waals surface area contributed by atoms with Crippen LogP contribution in [0.2, 0.25) is 0 Å². The normalized spacial score (nSPS) is 19.5. The maximum Gasteiger partial charge on any atom is 0.234 e. The summed E-state index contributed by atoms with van der Waals surface area (Å²) in [4.78, 5) is 16.1. The molecular formula is C18H22N2OS.